The Bertz CT molecular complexity index is 770. The summed E-state index contributed by atoms with van der Waals surface area (Å²) in [4.78, 5) is 22.3. The second-order valence-electron chi connectivity index (χ2n) is 4.17. The number of carbonyl (C=O) groups is 2. The van der Waals surface area contributed by atoms with Gasteiger partial charge in [0.1, 0.15) is 5.92 Å². The minimum Gasteiger partial charge on any atom is -0.292 e. The van der Waals surface area contributed by atoms with E-state index in [0.717, 1.165) is 5.02 Å². The van der Waals surface area contributed by atoms with Crippen molar-refractivity contribution in [1.82, 2.24) is 5.32 Å². The van der Waals surface area contributed by atoms with Gasteiger partial charge < -0.3 is 0 Å². The highest BCUT2D eigenvalue weighted by molar-refractivity contribution is 7.73. The van der Waals surface area contributed by atoms with E-state index in [0.29, 0.717) is 0 Å². The standard InChI is InChI=1S/C8H5NO4S.C6H5Cl/c10-7-4-2-1-3-5(14(12)13)6(4)8(11)9-7;7-6-4-2-1-3-5-6/h1-3,6H,(H,9,10,11);1-5H. The van der Waals surface area contributed by atoms with Gasteiger partial charge in [-0.15, -0.1) is 0 Å². The smallest absolute Gasteiger partial charge is 0.254 e. The molecular weight excluding hydrogens is 314 g/mol. The van der Waals surface area contributed by atoms with Crippen molar-refractivity contribution >= 4 is 38.6 Å². The van der Waals surface area contributed by atoms with Gasteiger partial charge >= 0.3 is 0 Å². The molecule has 1 fully saturated rings. The van der Waals surface area contributed by atoms with Crippen molar-refractivity contribution < 1.29 is 18.0 Å². The quantitative estimate of drug-likeness (QED) is 0.573. The molecule has 1 aromatic rings. The van der Waals surface area contributed by atoms with Gasteiger partial charge in [0.25, 0.3) is 5.91 Å². The maximum Gasteiger partial charge on any atom is 0.254 e. The topological polar surface area (TPSA) is 80.3 Å². The summed E-state index contributed by atoms with van der Waals surface area (Å²) in [6.07, 6.45) is 4.20. The Morgan fingerprint density at radius 2 is 1.76 bits per heavy atom. The Kier molecular flexibility index (Phi) is 4.72. The molecule has 0 bridgehead atoms. The third kappa shape index (κ3) is 3.48. The SMILES string of the molecule is Clc1ccccc1.O=C1NC(=O)C2C1=CC=CC2=S(=O)=O. The van der Waals surface area contributed by atoms with E-state index in [1.165, 1.54) is 18.2 Å². The van der Waals surface area contributed by atoms with Crippen molar-refractivity contribution in [1.29, 1.82) is 0 Å². The first-order chi connectivity index (χ1) is 10.0. The predicted molar refractivity (Wildman–Crippen MR) is 79.2 cm³/mol. The van der Waals surface area contributed by atoms with E-state index in [9.17, 15) is 18.0 Å². The van der Waals surface area contributed by atoms with Crippen LogP contribution in [0.5, 0.6) is 0 Å². The summed E-state index contributed by atoms with van der Waals surface area (Å²) in [5, 5.41) is 2.86. The lowest BCUT2D eigenvalue weighted by atomic mass is 9.94. The molecule has 2 aliphatic rings. The van der Waals surface area contributed by atoms with E-state index in [1.807, 2.05) is 30.3 Å². The average Bonchev–Trinajstić information content (AvgIpc) is 2.76. The van der Waals surface area contributed by atoms with Gasteiger partial charge in [0.2, 0.25) is 16.2 Å². The van der Waals surface area contributed by atoms with Crippen molar-refractivity contribution in [2.45, 2.75) is 0 Å². The molecule has 3 rings (SSSR count). The predicted octanol–water partition coefficient (Wildman–Crippen LogP) is 1.15. The van der Waals surface area contributed by atoms with Gasteiger partial charge in [0.15, 0.2) is 0 Å². The zero-order valence-electron chi connectivity index (χ0n) is 10.6. The molecule has 1 saturated heterocycles. The van der Waals surface area contributed by atoms with Crippen LogP contribution < -0.4 is 5.32 Å². The maximum atomic E-state index is 11.2. The van der Waals surface area contributed by atoms with Crippen LogP contribution in [0.3, 0.4) is 0 Å². The number of allylic oxidation sites excluding steroid dienone is 3. The summed E-state index contributed by atoms with van der Waals surface area (Å²) in [6, 6.07) is 9.44. The summed E-state index contributed by atoms with van der Waals surface area (Å²) in [5.74, 6) is -2.05. The summed E-state index contributed by atoms with van der Waals surface area (Å²) in [6.45, 7) is 0. The van der Waals surface area contributed by atoms with Crippen LogP contribution in [0.15, 0.2) is 54.1 Å². The van der Waals surface area contributed by atoms with Crippen molar-refractivity contribution in [3.63, 3.8) is 0 Å². The lowest BCUT2D eigenvalue weighted by molar-refractivity contribution is -0.124. The first kappa shape index (κ1) is 15.2. The molecular formula is C14H10ClNO4S. The molecule has 1 N–H and O–H groups in total. The van der Waals surface area contributed by atoms with Crippen LogP contribution in [-0.2, 0) is 19.9 Å². The van der Waals surface area contributed by atoms with Crippen LogP contribution in [-0.4, -0.2) is 25.1 Å². The maximum absolute atomic E-state index is 11.2. The van der Waals surface area contributed by atoms with Gasteiger partial charge in [-0.1, -0.05) is 42.0 Å². The second kappa shape index (κ2) is 6.51. The number of halogens is 1. The van der Waals surface area contributed by atoms with Gasteiger partial charge in [0, 0.05) is 10.6 Å². The number of imide groups is 1. The molecule has 0 aromatic heterocycles. The third-order valence-corrected chi connectivity index (χ3v) is 3.83. The Morgan fingerprint density at radius 3 is 2.29 bits per heavy atom. The van der Waals surface area contributed by atoms with E-state index in [4.69, 9.17) is 11.6 Å². The number of fused-ring (bicyclic) bond motifs is 1. The minimum absolute atomic E-state index is 0.0640. The Hall–Kier alpha value is -2.18. The molecule has 21 heavy (non-hydrogen) atoms. The zero-order valence-corrected chi connectivity index (χ0v) is 12.2. The molecule has 5 nitrogen and oxygen atoms in total. The molecule has 108 valence electrons. The van der Waals surface area contributed by atoms with E-state index >= 15 is 0 Å². The molecule has 1 aliphatic carbocycles. The summed E-state index contributed by atoms with van der Waals surface area (Å²) < 4.78 is 21.5. The molecule has 0 radical (unpaired) electrons. The van der Waals surface area contributed by atoms with E-state index in [1.54, 1.807) is 0 Å². The average molecular weight is 324 g/mol. The summed E-state index contributed by atoms with van der Waals surface area (Å²) in [7, 11) is -2.47. The van der Waals surface area contributed by atoms with E-state index in [2.05, 4.69) is 5.32 Å². The molecule has 1 unspecified atom stereocenters. The fraction of sp³-hybridized carbons (Fsp3) is 0.0714. The number of rotatable bonds is 0. The zero-order chi connectivity index (χ0) is 15.4. The van der Waals surface area contributed by atoms with Crippen LogP contribution in [0.25, 0.3) is 0 Å². The van der Waals surface area contributed by atoms with Crippen molar-refractivity contribution in [2.24, 2.45) is 5.92 Å². The highest BCUT2D eigenvalue weighted by atomic mass is 35.5. The summed E-state index contributed by atoms with van der Waals surface area (Å²) in [5.41, 5.74) is 0.191. The Balaban J connectivity index is 0.000000194. The largest absolute Gasteiger partial charge is 0.292 e. The monoisotopic (exact) mass is 323 g/mol. The van der Waals surface area contributed by atoms with Gasteiger partial charge in [-0.25, -0.2) is 0 Å². The summed E-state index contributed by atoms with van der Waals surface area (Å²) >= 11 is 5.54. The molecule has 0 saturated carbocycles. The number of benzene rings is 1. The fourth-order valence-electron chi connectivity index (χ4n) is 1.89. The Labute approximate surface area is 127 Å². The lowest BCUT2D eigenvalue weighted by Gasteiger charge is -2.07. The van der Waals surface area contributed by atoms with Crippen molar-refractivity contribution in [3.05, 3.63) is 59.2 Å². The number of carbonyl (C=O) groups excluding carboxylic acids is 2. The molecule has 1 aromatic carbocycles. The van der Waals surface area contributed by atoms with E-state index < -0.39 is 28.0 Å². The fourth-order valence-corrected chi connectivity index (χ4v) is 2.65. The minimum atomic E-state index is -2.47. The lowest BCUT2D eigenvalue weighted by Crippen LogP contribution is -2.26. The molecule has 1 heterocycles. The van der Waals surface area contributed by atoms with Gasteiger partial charge in [-0.05, 0) is 18.2 Å². The van der Waals surface area contributed by atoms with Crippen LogP contribution in [0, 0.1) is 5.92 Å². The number of hydrogen-bond donors (Lipinski definition) is 1. The number of nitrogens with one attached hydrogen (secondary N) is 1. The Morgan fingerprint density at radius 1 is 1.10 bits per heavy atom. The van der Waals surface area contributed by atoms with Crippen LogP contribution in [0.2, 0.25) is 5.02 Å². The van der Waals surface area contributed by atoms with E-state index in [-0.39, 0.29) is 10.4 Å². The molecule has 0 spiro atoms. The number of amides is 2. The second-order valence-corrected chi connectivity index (χ2v) is 5.54. The molecule has 1 atom stereocenters. The van der Waals surface area contributed by atoms with Crippen LogP contribution in [0.1, 0.15) is 0 Å². The van der Waals surface area contributed by atoms with Gasteiger partial charge in [-0.3, -0.25) is 14.9 Å². The third-order valence-electron chi connectivity index (χ3n) is 2.82. The highest BCUT2D eigenvalue weighted by Crippen LogP contribution is 2.23. The van der Waals surface area contributed by atoms with Gasteiger partial charge in [-0.2, -0.15) is 8.42 Å². The first-order valence-corrected chi connectivity index (χ1v) is 7.36. The van der Waals surface area contributed by atoms with Crippen LogP contribution in [0.4, 0.5) is 0 Å². The van der Waals surface area contributed by atoms with Gasteiger partial charge in [0.05, 0.1) is 4.86 Å². The van der Waals surface area contributed by atoms with Crippen LogP contribution >= 0.6 is 11.6 Å². The first-order valence-electron chi connectivity index (χ1n) is 5.91. The number of hydrogen-bond acceptors (Lipinski definition) is 4. The van der Waals surface area contributed by atoms with Crippen molar-refractivity contribution in [2.75, 3.05) is 0 Å². The highest BCUT2D eigenvalue weighted by Gasteiger charge is 2.40. The molecule has 7 heteroatoms. The molecule has 1 aliphatic heterocycles. The normalized spacial score (nSPS) is 19.2. The van der Waals surface area contributed by atoms with Crippen molar-refractivity contribution in [3.8, 4) is 0 Å². The molecule has 2 amide bonds.